The van der Waals surface area contributed by atoms with Crippen LogP contribution in [0.4, 0.5) is 0 Å². The van der Waals surface area contributed by atoms with Gasteiger partial charge in [-0.3, -0.25) is 4.79 Å². The van der Waals surface area contributed by atoms with Crippen LogP contribution < -0.4 is 11.5 Å². The van der Waals surface area contributed by atoms with Gasteiger partial charge in [0.2, 0.25) is 5.91 Å². The minimum atomic E-state index is -0.574. The van der Waals surface area contributed by atoms with Gasteiger partial charge in [0.05, 0.1) is 6.04 Å². The number of nitrogens with two attached hydrogens (primary N) is 2. The van der Waals surface area contributed by atoms with E-state index < -0.39 is 11.9 Å². The standard InChI is InChI=1S/C12H18N2OS/c1-8(2)9-3-5-10(6-4-9)16-7-11(13)12(14)15/h3-6,8,11H,7,13H2,1-2H3,(H2,14,15). The van der Waals surface area contributed by atoms with Crippen molar-refractivity contribution in [3.8, 4) is 0 Å². The lowest BCUT2D eigenvalue weighted by Gasteiger charge is -2.08. The van der Waals surface area contributed by atoms with E-state index in [0.717, 1.165) is 4.90 Å². The Morgan fingerprint density at radius 1 is 1.31 bits per heavy atom. The molecular formula is C12H18N2OS. The first-order valence-corrected chi connectivity index (χ1v) is 6.27. The number of thioether (sulfide) groups is 1. The maximum atomic E-state index is 10.7. The quantitative estimate of drug-likeness (QED) is 0.767. The zero-order chi connectivity index (χ0) is 12.1. The van der Waals surface area contributed by atoms with Crippen molar-refractivity contribution in [1.29, 1.82) is 0 Å². The number of hydrogen-bond acceptors (Lipinski definition) is 3. The summed E-state index contributed by atoms with van der Waals surface area (Å²) in [6.45, 7) is 4.32. The van der Waals surface area contributed by atoms with Crippen LogP contribution in [0.2, 0.25) is 0 Å². The van der Waals surface area contributed by atoms with Crippen molar-refractivity contribution in [2.45, 2.75) is 30.7 Å². The Hall–Kier alpha value is -1.00. The molecule has 0 radical (unpaired) electrons. The van der Waals surface area contributed by atoms with Crippen LogP contribution in [0.3, 0.4) is 0 Å². The summed E-state index contributed by atoms with van der Waals surface area (Å²) < 4.78 is 0. The molecule has 0 aliphatic carbocycles. The van der Waals surface area contributed by atoms with Gasteiger partial charge in [-0.2, -0.15) is 0 Å². The lowest BCUT2D eigenvalue weighted by Crippen LogP contribution is -2.38. The van der Waals surface area contributed by atoms with Crippen LogP contribution in [0.15, 0.2) is 29.2 Å². The zero-order valence-corrected chi connectivity index (χ0v) is 10.5. The predicted molar refractivity (Wildman–Crippen MR) is 68.4 cm³/mol. The highest BCUT2D eigenvalue weighted by Gasteiger charge is 2.09. The third kappa shape index (κ3) is 3.87. The van der Waals surface area contributed by atoms with E-state index in [4.69, 9.17) is 11.5 Å². The Morgan fingerprint density at radius 2 is 1.88 bits per heavy atom. The Morgan fingerprint density at radius 3 is 2.31 bits per heavy atom. The molecule has 1 aromatic rings. The second-order valence-electron chi connectivity index (χ2n) is 4.04. The highest BCUT2D eigenvalue weighted by Crippen LogP contribution is 2.21. The smallest absolute Gasteiger partial charge is 0.235 e. The number of rotatable bonds is 5. The lowest BCUT2D eigenvalue weighted by atomic mass is 10.0. The summed E-state index contributed by atoms with van der Waals surface area (Å²) in [6.07, 6.45) is 0. The van der Waals surface area contributed by atoms with Crippen LogP contribution in [0.5, 0.6) is 0 Å². The minimum absolute atomic E-state index is 0.452. The van der Waals surface area contributed by atoms with Gasteiger partial charge in [-0.05, 0) is 23.6 Å². The zero-order valence-electron chi connectivity index (χ0n) is 9.64. The molecule has 1 atom stereocenters. The first-order valence-electron chi connectivity index (χ1n) is 5.28. The fourth-order valence-corrected chi connectivity index (χ4v) is 2.08. The van der Waals surface area contributed by atoms with Crippen molar-refractivity contribution < 1.29 is 4.79 Å². The molecule has 4 N–H and O–H groups in total. The number of carbonyl (C=O) groups is 1. The fourth-order valence-electron chi connectivity index (χ4n) is 1.22. The van der Waals surface area contributed by atoms with Crippen LogP contribution >= 0.6 is 11.8 Å². The number of carbonyl (C=O) groups excluding carboxylic acids is 1. The summed E-state index contributed by atoms with van der Waals surface area (Å²) in [5.41, 5.74) is 11.9. The van der Waals surface area contributed by atoms with E-state index in [9.17, 15) is 4.79 Å². The van der Waals surface area contributed by atoms with Crippen molar-refractivity contribution in [2.75, 3.05) is 5.75 Å². The molecule has 3 nitrogen and oxygen atoms in total. The van der Waals surface area contributed by atoms with Crippen LogP contribution in [0, 0.1) is 0 Å². The summed E-state index contributed by atoms with van der Waals surface area (Å²) in [6, 6.07) is 7.72. The molecule has 1 rings (SSSR count). The van der Waals surface area contributed by atoms with Gasteiger partial charge in [0.1, 0.15) is 0 Å². The molecule has 0 saturated heterocycles. The molecule has 0 heterocycles. The van der Waals surface area contributed by atoms with Gasteiger partial charge < -0.3 is 11.5 Å². The number of amides is 1. The van der Waals surface area contributed by atoms with Gasteiger partial charge in [0, 0.05) is 10.6 Å². The highest BCUT2D eigenvalue weighted by molar-refractivity contribution is 7.99. The third-order valence-corrected chi connectivity index (χ3v) is 3.47. The van der Waals surface area contributed by atoms with Crippen LogP contribution in [0.1, 0.15) is 25.3 Å². The minimum Gasteiger partial charge on any atom is -0.368 e. The molecule has 1 amide bonds. The average Bonchev–Trinajstić information content (AvgIpc) is 2.26. The van der Waals surface area contributed by atoms with Crippen molar-refractivity contribution in [3.63, 3.8) is 0 Å². The summed E-state index contributed by atoms with van der Waals surface area (Å²) in [7, 11) is 0. The lowest BCUT2D eigenvalue weighted by molar-refractivity contribution is -0.118. The number of hydrogen-bond donors (Lipinski definition) is 2. The summed E-state index contributed by atoms with van der Waals surface area (Å²) in [5, 5.41) is 0. The van der Waals surface area contributed by atoms with Crippen molar-refractivity contribution in [1.82, 2.24) is 0 Å². The largest absolute Gasteiger partial charge is 0.368 e. The van der Waals surface area contributed by atoms with Crippen molar-refractivity contribution in [2.24, 2.45) is 11.5 Å². The van der Waals surface area contributed by atoms with E-state index in [1.165, 1.54) is 5.56 Å². The molecule has 4 heteroatoms. The van der Waals surface area contributed by atoms with E-state index in [1.54, 1.807) is 11.8 Å². The van der Waals surface area contributed by atoms with Gasteiger partial charge in [-0.15, -0.1) is 11.8 Å². The highest BCUT2D eigenvalue weighted by atomic mass is 32.2. The van der Waals surface area contributed by atoms with Crippen LogP contribution in [0.25, 0.3) is 0 Å². The molecule has 0 aromatic heterocycles. The molecule has 0 fully saturated rings. The van der Waals surface area contributed by atoms with Crippen LogP contribution in [-0.4, -0.2) is 17.7 Å². The molecule has 1 aromatic carbocycles. The Labute approximate surface area is 101 Å². The molecule has 1 unspecified atom stereocenters. The van der Waals surface area contributed by atoms with Gasteiger partial charge in [0.15, 0.2) is 0 Å². The molecule has 88 valence electrons. The van der Waals surface area contributed by atoms with E-state index in [1.807, 2.05) is 12.1 Å². The number of benzene rings is 1. The van der Waals surface area contributed by atoms with Crippen LogP contribution in [-0.2, 0) is 4.79 Å². The average molecular weight is 238 g/mol. The van der Waals surface area contributed by atoms with E-state index in [0.29, 0.717) is 11.7 Å². The fraction of sp³-hybridized carbons (Fsp3) is 0.417. The van der Waals surface area contributed by atoms with E-state index >= 15 is 0 Å². The molecule has 0 bridgehead atoms. The first-order chi connectivity index (χ1) is 7.50. The number of primary amides is 1. The Balaban J connectivity index is 2.52. The predicted octanol–water partition coefficient (Wildman–Crippen LogP) is 1.71. The second-order valence-corrected chi connectivity index (χ2v) is 5.14. The van der Waals surface area contributed by atoms with Gasteiger partial charge >= 0.3 is 0 Å². The van der Waals surface area contributed by atoms with Gasteiger partial charge in [-0.1, -0.05) is 26.0 Å². The Bertz CT molecular complexity index is 349. The first kappa shape index (κ1) is 13.1. The second kappa shape index (κ2) is 5.92. The molecular weight excluding hydrogens is 220 g/mol. The van der Waals surface area contributed by atoms with E-state index in [-0.39, 0.29) is 0 Å². The summed E-state index contributed by atoms with van der Waals surface area (Å²) in [4.78, 5) is 11.9. The molecule has 0 saturated carbocycles. The summed E-state index contributed by atoms with van der Waals surface area (Å²) >= 11 is 1.55. The van der Waals surface area contributed by atoms with Crippen molar-refractivity contribution in [3.05, 3.63) is 29.8 Å². The maximum absolute atomic E-state index is 10.7. The molecule has 16 heavy (non-hydrogen) atoms. The third-order valence-electron chi connectivity index (χ3n) is 2.34. The topological polar surface area (TPSA) is 69.1 Å². The van der Waals surface area contributed by atoms with Gasteiger partial charge in [-0.25, -0.2) is 0 Å². The molecule has 0 spiro atoms. The molecule has 0 aliphatic rings. The maximum Gasteiger partial charge on any atom is 0.235 e. The normalized spacial score (nSPS) is 12.8. The molecule has 0 aliphatic heterocycles. The van der Waals surface area contributed by atoms with Crippen molar-refractivity contribution >= 4 is 17.7 Å². The Kier molecular flexibility index (Phi) is 4.83. The SMILES string of the molecule is CC(C)c1ccc(SCC(N)C(N)=O)cc1. The van der Waals surface area contributed by atoms with E-state index in [2.05, 4.69) is 26.0 Å². The summed E-state index contributed by atoms with van der Waals surface area (Å²) in [5.74, 6) is 0.606. The monoisotopic (exact) mass is 238 g/mol. The van der Waals surface area contributed by atoms with Gasteiger partial charge in [0.25, 0.3) is 0 Å².